The van der Waals surface area contributed by atoms with Gasteiger partial charge >= 0.3 is 6.09 Å². The topological polar surface area (TPSA) is 75.8 Å². The van der Waals surface area contributed by atoms with E-state index < -0.39 is 6.09 Å². The number of fused-ring (bicyclic) bond motifs is 1. The molecule has 3 rings (SSSR count). The van der Waals surface area contributed by atoms with E-state index in [1.165, 1.54) is 11.9 Å². The minimum Gasteiger partial charge on any atom is -0.465 e. The summed E-state index contributed by atoms with van der Waals surface area (Å²) in [4.78, 5) is 16.2. The van der Waals surface area contributed by atoms with E-state index >= 15 is 0 Å². The number of hydrogen-bond donors (Lipinski definition) is 1. The van der Waals surface area contributed by atoms with Gasteiger partial charge in [0, 0.05) is 18.8 Å². The molecule has 0 unspecified atom stereocenters. The molecule has 0 aliphatic carbocycles. The first-order valence-electron chi connectivity index (χ1n) is 7.09. The highest BCUT2D eigenvalue weighted by atomic mass is 16.5. The third kappa shape index (κ3) is 2.96. The fourth-order valence-electron chi connectivity index (χ4n) is 2.37. The van der Waals surface area contributed by atoms with Gasteiger partial charge in [0.25, 0.3) is 0 Å². The van der Waals surface area contributed by atoms with Crippen LogP contribution < -0.4 is 4.74 Å². The summed E-state index contributed by atoms with van der Waals surface area (Å²) >= 11 is 0. The van der Waals surface area contributed by atoms with Crippen LogP contribution in [0.3, 0.4) is 0 Å². The lowest BCUT2D eigenvalue weighted by Gasteiger charge is -2.11. The van der Waals surface area contributed by atoms with Crippen LogP contribution in [0.1, 0.15) is 11.3 Å². The predicted molar refractivity (Wildman–Crippen MR) is 84.8 cm³/mol. The number of pyridine rings is 1. The Labute approximate surface area is 132 Å². The summed E-state index contributed by atoms with van der Waals surface area (Å²) in [6, 6.07) is 9.14. The largest absolute Gasteiger partial charge is 0.465 e. The van der Waals surface area contributed by atoms with Crippen molar-refractivity contribution < 1.29 is 19.1 Å². The molecule has 23 heavy (non-hydrogen) atoms. The first-order chi connectivity index (χ1) is 11.1. The van der Waals surface area contributed by atoms with Crippen LogP contribution in [0.25, 0.3) is 11.0 Å². The van der Waals surface area contributed by atoms with Crippen LogP contribution in [0.4, 0.5) is 4.79 Å². The standard InChI is InChI=1S/C17H16N2O4/c1-11-15(10-19(2)17(20)21)23-14-7-3-6-13(16(11)14)22-12-5-4-8-18-9-12/h3-9H,10H2,1-2H3,(H,20,21). The molecule has 0 saturated carbocycles. The Morgan fingerprint density at radius 3 is 2.87 bits per heavy atom. The molecule has 6 nitrogen and oxygen atoms in total. The van der Waals surface area contributed by atoms with Gasteiger partial charge in [-0.15, -0.1) is 0 Å². The van der Waals surface area contributed by atoms with Crippen molar-refractivity contribution in [3.05, 3.63) is 54.0 Å². The molecule has 1 amide bonds. The highest BCUT2D eigenvalue weighted by molar-refractivity contribution is 5.88. The van der Waals surface area contributed by atoms with Gasteiger partial charge in [-0.2, -0.15) is 0 Å². The first-order valence-corrected chi connectivity index (χ1v) is 7.09. The molecule has 0 aliphatic rings. The van der Waals surface area contributed by atoms with E-state index in [1.54, 1.807) is 18.5 Å². The van der Waals surface area contributed by atoms with Crippen molar-refractivity contribution >= 4 is 17.1 Å². The van der Waals surface area contributed by atoms with Gasteiger partial charge in [-0.3, -0.25) is 4.98 Å². The molecule has 2 aromatic heterocycles. The number of hydrogen-bond acceptors (Lipinski definition) is 4. The van der Waals surface area contributed by atoms with E-state index in [0.717, 1.165) is 10.9 Å². The second kappa shape index (κ2) is 6.00. The van der Waals surface area contributed by atoms with Gasteiger partial charge in [-0.05, 0) is 31.2 Å². The molecule has 118 valence electrons. The Bertz CT molecular complexity index is 842. The normalized spacial score (nSPS) is 10.7. The molecule has 0 fully saturated rings. The van der Waals surface area contributed by atoms with Crippen LogP contribution in [0.2, 0.25) is 0 Å². The van der Waals surface area contributed by atoms with Crippen molar-refractivity contribution in [1.29, 1.82) is 0 Å². The number of carboxylic acid groups (broad SMARTS) is 1. The van der Waals surface area contributed by atoms with Gasteiger partial charge in [-0.25, -0.2) is 4.79 Å². The SMILES string of the molecule is Cc1c(CN(C)C(=O)O)oc2cccc(Oc3cccnc3)c12. The lowest BCUT2D eigenvalue weighted by atomic mass is 10.1. The van der Waals surface area contributed by atoms with E-state index in [2.05, 4.69) is 4.98 Å². The number of rotatable bonds is 4. The maximum absolute atomic E-state index is 11.0. The maximum Gasteiger partial charge on any atom is 0.407 e. The molecule has 0 spiro atoms. The van der Waals surface area contributed by atoms with Gasteiger partial charge in [0.2, 0.25) is 0 Å². The highest BCUT2D eigenvalue weighted by Gasteiger charge is 2.18. The summed E-state index contributed by atoms with van der Waals surface area (Å²) in [5, 5.41) is 9.85. The van der Waals surface area contributed by atoms with Crippen LogP contribution in [0, 0.1) is 6.92 Å². The van der Waals surface area contributed by atoms with Crippen LogP contribution in [0.5, 0.6) is 11.5 Å². The molecular weight excluding hydrogens is 296 g/mol. The second-order valence-corrected chi connectivity index (χ2v) is 5.21. The molecule has 2 heterocycles. The molecule has 1 aromatic carbocycles. The molecule has 1 N–H and O–H groups in total. The van der Waals surface area contributed by atoms with E-state index in [4.69, 9.17) is 14.3 Å². The Balaban J connectivity index is 2.00. The second-order valence-electron chi connectivity index (χ2n) is 5.21. The van der Waals surface area contributed by atoms with Crippen LogP contribution >= 0.6 is 0 Å². The number of furan rings is 1. The lowest BCUT2D eigenvalue weighted by molar-refractivity contribution is 0.150. The van der Waals surface area contributed by atoms with Gasteiger partial charge in [-0.1, -0.05) is 6.07 Å². The average molecular weight is 312 g/mol. The van der Waals surface area contributed by atoms with E-state index in [1.807, 2.05) is 31.2 Å². The minimum atomic E-state index is -1.00. The van der Waals surface area contributed by atoms with Crippen LogP contribution in [0.15, 0.2) is 47.1 Å². The first kappa shape index (κ1) is 14.9. The number of benzene rings is 1. The number of aryl methyl sites for hydroxylation is 1. The molecule has 0 atom stereocenters. The molecule has 0 radical (unpaired) electrons. The predicted octanol–water partition coefficient (Wildman–Crippen LogP) is 4.04. The summed E-state index contributed by atoms with van der Waals surface area (Å²) in [5.41, 5.74) is 1.53. The highest BCUT2D eigenvalue weighted by Crippen LogP contribution is 2.35. The van der Waals surface area contributed by atoms with Crippen molar-refractivity contribution in [3.8, 4) is 11.5 Å². The van der Waals surface area contributed by atoms with Crippen molar-refractivity contribution in [3.63, 3.8) is 0 Å². The quantitative estimate of drug-likeness (QED) is 0.787. The summed E-state index contributed by atoms with van der Waals surface area (Å²) in [6.45, 7) is 2.08. The Hall–Kier alpha value is -3.02. The average Bonchev–Trinajstić information content (AvgIpc) is 2.85. The number of aromatic nitrogens is 1. The van der Waals surface area contributed by atoms with Crippen LogP contribution in [-0.2, 0) is 6.54 Å². The molecule has 0 bridgehead atoms. The van der Waals surface area contributed by atoms with Crippen molar-refractivity contribution in [2.75, 3.05) is 7.05 Å². The van der Waals surface area contributed by atoms with E-state index in [0.29, 0.717) is 22.8 Å². The fraction of sp³-hybridized carbons (Fsp3) is 0.176. The van der Waals surface area contributed by atoms with Gasteiger partial charge in [0.15, 0.2) is 0 Å². The van der Waals surface area contributed by atoms with Crippen molar-refractivity contribution in [2.45, 2.75) is 13.5 Å². The van der Waals surface area contributed by atoms with E-state index in [-0.39, 0.29) is 6.54 Å². The minimum absolute atomic E-state index is 0.183. The van der Waals surface area contributed by atoms with Gasteiger partial charge in [0.1, 0.15) is 22.8 Å². The molecule has 3 aromatic rings. The summed E-state index contributed by atoms with van der Waals surface area (Å²) in [7, 11) is 1.50. The summed E-state index contributed by atoms with van der Waals surface area (Å²) < 4.78 is 11.7. The summed E-state index contributed by atoms with van der Waals surface area (Å²) in [6.07, 6.45) is 2.31. The smallest absolute Gasteiger partial charge is 0.407 e. The number of carbonyl (C=O) groups is 1. The third-order valence-electron chi connectivity index (χ3n) is 3.58. The number of ether oxygens (including phenoxy) is 1. The van der Waals surface area contributed by atoms with Crippen molar-refractivity contribution in [1.82, 2.24) is 9.88 Å². The van der Waals surface area contributed by atoms with Gasteiger partial charge in [0.05, 0.1) is 18.1 Å². The molecular formula is C17H16N2O4. The Morgan fingerprint density at radius 1 is 1.35 bits per heavy atom. The number of nitrogens with zero attached hydrogens (tertiary/aromatic N) is 2. The maximum atomic E-state index is 11.0. The van der Waals surface area contributed by atoms with Crippen LogP contribution in [-0.4, -0.2) is 28.1 Å². The monoisotopic (exact) mass is 312 g/mol. The lowest BCUT2D eigenvalue weighted by Crippen LogP contribution is -2.23. The van der Waals surface area contributed by atoms with Crippen molar-refractivity contribution in [2.24, 2.45) is 0 Å². The molecule has 6 heteroatoms. The zero-order chi connectivity index (χ0) is 16.4. The third-order valence-corrected chi connectivity index (χ3v) is 3.58. The summed E-state index contributed by atoms with van der Waals surface area (Å²) in [5.74, 6) is 1.89. The zero-order valence-electron chi connectivity index (χ0n) is 12.8. The number of amides is 1. The Kier molecular flexibility index (Phi) is 3.89. The molecule has 0 saturated heterocycles. The Morgan fingerprint density at radius 2 is 2.17 bits per heavy atom. The zero-order valence-corrected chi connectivity index (χ0v) is 12.8. The van der Waals surface area contributed by atoms with Gasteiger partial charge < -0.3 is 19.2 Å². The fourth-order valence-corrected chi connectivity index (χ4v) is 2.37. The van der Waals surface area contributed by atoms with E-state index in [9.17, 15) is 4.79 Å². The molecule has 0 aliphatic heterocycles.